The van der Waals surface area contributed by atoms with Gasteiger partial charge >= 0.3 is 0 Å². The molecular formula is C12H17N5OS. The highest BCUT2D eigenvalue weighted by molar-refractivity contribution is 7.15. The fourth-order valence-corrected chi connectivity index (χ4v) is 2.42. The van der Waals surface area contributed by atoms with Gasteiger partial charge in [0.25, 0.3) is 5.91 Å². The molecule has 0 aliphatic rings. The van der Waals surface area contributed by atoms with E-state index in [0.717, 1.165) is 17.8 Å². The predicted molar refractivity (Wildman–Crippen MR) is 74.3 cm³/mol. The Morgan fingerprint density at radius 1 is 1.42 bits per heavy atom. The van der Waals surface area contributed by atoms with Gasteiger partial charge in [-0.25, -0.2) is 0 Å². The smallest absolute Gasteiger partial charge is 0.260 e. The molecule has 0 fully saturated rings. The Hall–Kier alpha value is -1.76. The summed E-state index contributed by atoms with van der Waals surface area (Å²) in [6.45, 7) is 2.17. The van der Waals surface area contributed by atoms with Crippen molar-refractivity contribution in [2.75, 3.05) is 5.32 Å². The number of aryl methyl sites for hydroxylation is 2. The molecule has 2 aromatic rings. The number of nitrogens with one attached hydrogen (secondary N) is 1. The summed E-state index contributed by atoms with van der Waals surface area (Å²) in [4.78, 5) is 11.9. The lowest BCUT2D eigenvalue weighted by molar-refractivity contribution is 0.102. The predicted octanol–water partition coefficient (Wildman–Crippen LogP) is 2.26. The summed E-state index contributed by atoms with van der Waals surface area (Å²) in [5.41, 5.74) is 0.519. The number of anilines is 1. The monoisotopic (exact) mass is 279 g/mol. The lowest BCUT2D eigenvalue weighted by Gasteiger charge is -1.96. The number of hydrogen-bond acceptors (Lipinski definition) is 5. The molecule has 0 atom stereocenters. The zero-order chi connectivity index (χ0) is 13.7. The molecule has 0 aliphatic carbocycles. The third kappa shape index (κ3) is 3.85. The molecule has 2 aromatic heterocycles. The minimum atomic E-state index is -0.204. The van der Waals surface area contributed by atoms with E-state index in [9.17, 15) is 4.79 Å². The van der Waals surface area contributed by atoms with Gasteiger partial charge in [-0.3, -0.25) is 14.8 Å². The third-order valence-electron chi connectivity index (χ3n) is 2.65. The zero-order valence-electron chi connectivity index (χ0n) is 11.1. The van der Waals surface area contributed by atoms with E-state index in [2.05, 4.69) is 27.5 Å². The minimum Gasteiger partial charge on any atom is -0.296 e. The molecule has 0 spiro atoms. The summed E-state index contributed by atoms with van der Waals surface area (Å²) >= 11 is 1.43. The van der Waals surface area contributed by atoms with Crippen molar-refractivity contribution in [1.29, 1.82) is 0 Å². The Bertz CT molecular complexity index is 548. The maximum Gasteiger partial charge on any atom is 0.260 e. The number of carbonyl (C=O) groups excluding carboxylic acids is 1. The fourth-order valence-electron chi connectivity index (χ4n) is 1.64. The van der Waals surface area contributed by atoms with Gasteiger partial charge in [0, 0.05) is 19.7 Å². The molecule has 102 valence electrons. The Labute approximate surface area is 115 Å². The zero-order valence-corrected chi connectivity index (χ0v) is 11.9. The van der Waals surface area contributed by atoms with Crippen LogP contribution in [0.3, 0.4) is 0 Å². The van der Waals surface area contributed by atoms with Crippen molar-refractivity contribution < 1.29 is 4.79 Å². The Morgan fingerprint density at radius 3 is 2.95 bits per heavy atom. The second kappa shape index (κ2) is 6.42. The molecule has 1 N–H and O–H groups in total. The van der Waals surface area contributed by atoms with Crippen LogP contribution < -0.4 is 5.32 Å². The van der Waals surface area contributed by atoms with Gasteiger partial charge in [0.15, 0.2) is 0 Å². The van der Waals surface area contributed by atoms with Crippen LogP contribution in [0, 0.1) is 0 Å². The topological polar surface area (TPSA) is 72.7 Å². The van der Waals surface area contributed by atoms with Crippen molar-refractivity contribution in [3.05, 3.63) is 23.0 Å². The normalized spacial score (nSPS) is 10.6. The number of nitrogens with zero attached hydrogens (tertiary/aromatic N) is 4. The molecule has 0 aliphatic heterocycles. The van der Waals surface area contributed by atoms with Gasteiger partial charge in [-0.2, -0.15) is 5.10 Å². The van der Waals surface area contributed by atoms with Crippen LogP contribution in [-0.4, -0.2) is 25.9 Å². The molecule has 0 unspecified atom stereocenters. The molecule has 0 aromatic carbocycles. The molecule has 0 saturated carbocycles. The molecule has 0 bridgehead atoms. The first-order chi connectivity index (χ1) is 9.19. The van der Waals surface area contributed by atoms with Gasteiger partial charge in [-0.15, -0.1) is 10.2 Å². The van der Waals surface area contributed by atoms with Crippen molar-refractivity contribution in [1.82, 2.24) is 20.0 Å². The van der Waals surface area contributed by atoms with Crippen LogP contribution in [0.1, 0.15) is 41.6 Å². The van der Waals surface area contributed by atoms with Crippen LogP contribution in [0.2, 0.25) is 0 Å². The second-order valence-electron chi connectivity index (χ2n) is 4.31. The van der Waals surface area contributed by atoms with E-state index < -0.39 is 0 Å². The molecule has 2 heterocycles. The van der Waals surface area contributed by atoms with E-state index >= 15 is 0 Å². The Kier molecular flexibility index (Phi) is 4.62. The van der Waals surface area contributed by atoms with Crippen LogP contribution in [0.5, 0.6) is 0 Å². The molecule has 1 amide bonds. The number of unbranched alkanes of at least 4 members (excludes halogenated alkanes) is 2. The number of carbonyl (C=O) groups is 1. The minimum absolute atomic E-state index is 0.204. The highest BCUT2D eigenvalue weighted by Gasteiger charge is 2.11. The second-order valence-corrected chi connectivity index (χ2v) is 5.38. The molecule has 2 rings (SSSR count). The summed E-state index contributed by atoms with van der Waals surface area (Å²) in [6, 6.07) is 0. The van der Waals surface area contributed by atoms with Gasteiger partial charge in [-0.05, 0) is 6.42 Å². The molecule has 0 radical (unpaired) electrons. The highest BCUT2D eigenvalue weighted by Crippen LogP contribution is 2.18. The maximum atomic E-state index is 11.9. The van der Waals surface area contributed by atoms with Crippen LogP contribution in [0.15, 0.2) is 12.4 Å². The SMILES string of the molecule is CCCCCc1nnc(NC(=O)c2cnn(C)c2)s1. The summed E-state index contributed by atoms with van der Waals surface area (Å²) in [5.74, 6) is -0.204. The number of hydrogen-bond donors (Lipinski definition) is 1. The van der Waals surface area contributed by atoms with Gasteiger partial charge in [0.2, 0.25) is 5.13 Å². The van der Waals surface area contributed by atoms with E-state index in [0.29, 0.717) is 10.7 Å². The lowest BCUT2D eigenvalue weighted by atomic mass is 10.2. The van der Waals surface area contributed by atoms with Gasteiger partial charge < -0.3 is 0 Å². The van der Waals surface area contributed by atoms with E-state index in [1.165, 1.54) is 30.4 Å². The molecule has 0 saturated heterocycles. The Balaban J connectivity index is 1.90. The van der Waals surface area contributed by atoms with Gasteiger partial charge in [0.05, 0.1) is 11.8 Å². The molecule has 19 heavy (non-hydrogen) atoms. The van der Waals surface area contributed by atoms with E-state index in [1.807, 2.05) is 0 Å². The first kappa shape index (κ1) is 13.7. The lowest BCUT2D eigenvalue weighted by Crippen LogP contribution is -2.10. The van der Waals surface area contributed by atoms with Crippen molar-refractivity contribution in [2.45, 2.75) is 32.6 Å². The standard InChI is InChI=1S/C12H17N5OS/c1-3-4-5-6-10-15-16-12(19-10)14-11(18)9-7-13-17(2)8-9/h7-8H,3-6H2,1-2H3,(H,14,16,18). The van der Waals surface area contributed by atoms with Crippen molar-refractivity contribution in [3.8, 4) is 0 Å². The van der Waals surface area contributed by atoms with Crippen LogP contribution in [0.25, 0.3) is 0 Å². The molecule has 6 nitrogen and oxygen atoms in total. The van der Waals surface area contributed by atoms with Crippen LogP contribution in [0.4, 0.5) is 5.13 Å². The van der Waals surface area contributed by atoms with E-state index in [4.69, 9.17) is 0 Å². The van der Waals surface area contributed by atoms with Gasteiger partial charge in [0.1, 0.15) is 5.01 Å². The highest BCUT2D eigenvalue weighted by atomic mass is 32.1. The third-order valence-corrected chi connectivity index (χ3v) is 3.55. The van der Waals surface area contributed by atoms with Crippen molar-refractivity contribution in [3.63, 3.8) is 0 Å². The number of rotatable bonds is 6. The summed E-state index contributed by atoms with van der Waals surface area (Å²) in [5, 5.41) is 16.3. The van der Waals surface area contributed by atoms with E-state index in [-0.39, 0.29) is 5.91 Å². The van der Waals surface area contributed by atoms with Crippen molar-refractivity contribution >= 4 is 22.4 Å². The van der Waals surface area contributed by atoms with E-state index in [1.54, 1.807) is 17.9 Å². The maximum absolute atomic E-state index is 11.9. The largest absolute Gasteiger partial charge is 0.296 e. The summed E-state index contributed by atoms with van der Waals surface area (Å²) in [7, 11) is 1.77. The van der Waals surface area contributed by atoms with Crippen LogP contribution >= 0.6 is 11.3 Å². The fraction of sp³-hybridized carbons (Fsp3) is 0.500. The first-order valence-electron chi connectivity index (χ1n) is 6.31. The number of amides is 1. The van der Waals surface area contributed by atoms with Crippen molar-refractivity contribution in [2.24, 2.45) is 7.05 Å². The van der Waals surface area contributed by atoms with Gasteiger partial charge in [-0.1, -0.05) is 31.1 Å². The quantitative estimate of drug-likeness (QED) is 0.823. The summed E-state index contributed by atoms with van der Waals surface area (Å²) in [6.07, 6.45) is 7.60. The Morgan fingerprint density at radius 2 is 2.26 bits per heavy atom. The molecular weight excluding hydrogens is 262 g/mol. The summed E-state index contributed by atoms with van der Waals surface area (Å²) < 4.78 is 1.59. The average molecular weight is 279 g/mol. The first-order valence-corrected chi connectivity index (χ1v) is 7.13. The van der Waals surface area contributed by atoms with Crippen LogP contribution in [-0.2, 0) is 13.5 Å². The molecule has 7 heteroatoms. The number of aromatic nitrogens is 4. The average Bonchev–Trinajstić information content (AvgIpc) is 2.99.